The van der Waals surface area contributed by atoms with Crippen LogP contribution in [0.4, 0.5) is 0 Å². The van der Waals surface area contributed by atoms with E-state index >= 15 is 0 Å². The molecule has 1 N–H and O–H groups in total. The van der Waals surface area contributed by atoms with Gasteiger partial charge in [0.15, 0.2) is 0 Å². The zero-order chi connectivity index (χ0) is 13.4. The Bertz CT molecular complexity index is 608. The Kier molecular flexibility index (Phi) is 3.48. The highest BCUT2D eigenvalue weighted by atomic mass is 35.5. The third-order valence-corrected chi connectivity index (χ3v) is 4.02. The number of aliphatic hydroxyl groups excluding tert-OH is 1. The van der Waals surface area contributed by atoms with Gasteiger partial charge in [-0.1, -0.05) is 34.5 Å². The van der Waals surface area contributed by atoms with Gasteiger partial charge in [-0.25, -0.2) is 4.68 Å². The number of aliphatic hydroxyl groups is 1. The molecule has 1 fully saturated rings. The van der Waals surface area contributed by atoms with Crippen molar-refractivity contribution in [2.45, 2.75) is 31.9 Å². The van der Waals surface area contributed by atoms with Gasteiger partial charge in [-0.3, -0.25) is 0 Å². The third-order valence-electron chi connectivity index (χ3n) is 3.28. The van der Waals surface area contributed by atoms with Crippen LogP contribution >= 0.6 is 23.2 Å². The van der Waals surface area contributed by atoms with Crippen LogP contribution in [0.2, 0.25) is 10.0 Å². The van der Waals surface area contributed by atoms with E-state index in [1.165, 1.54) is 0 Å². The minimum Gasteiger partial charge on any atom is -0.390 e. The predicted octanol–water partition coefficient (Wildman–Crippen LogP) is 3.00. The molecule has 0 saturated heterocycles. The first kappa shape index (κ1) is 12.9. The Labute approximate surface area is 121 Å². The molecule has 100 valence electrons. The summed E-state index contributed by atoms with van der Waals surface area (Å²) in [5.74, 6) is 0.486. The van der Waals surface area contributed by atoms with Gasteiger partial charge < -0.3 is 5.11 Å². The summed E-state index contributed by atoms with van der Waals surface area (Å²) in [7, 11) is 0. The lowest BCUT2D eigenvalue weighted by Gasteiger charge is -2.07. The fourth-order valence-electron chi connectivity index (χ4n) is 2.20. The third kappa shape index (κ3) is 2.61. The second kappa shape index (κ2) is 5.12. The monoisotopic (exact) mass is 297 g/mol. The molecular formula is C13H13Cl2N3O. The van der Waals surface area contributed by atoms with Crippen LogP contribution in [-0.2, 0) is 13.2 Å². The SMILES string of the molecule is OCc1nnn(Cc2ccc(Cl)c(Cl)c2)c1C1CC1. The van der Waals surface area contributed by atoms with Gasteiger partial charge in [-0.05, 0) is 30.5 Å². The molecule has 1 aliphatic carbocycles. The Morgan fingerprint density at radius 1 is 1.26 bits per heavy atom. The average molecular weight is 298 g/mol. The summed E-state index contributed by atoms with van der Waals surface area (Å²) in [5, 5.41) is 18.5. The second-order valence-corrected chi connectivity index (χ2v) is 5.57. The second-order valence-electron chi connectivity index (χ2n) is 4.76. The maximum atomic E-state index is 9.30. The van der Waals surface area contributed by atoms with Crippen molar-refractivity contribution < 1.29 is 5.11 Å². The van der Waals surface area contributed by atoms with Gasteiger partial charge in [-0.2, -0.15) is 0 Å². The molecule has 6 heteroatoms. The number of hydrogen-bond acceptors (Lipinski definition) is 3. The van der Waals surface area contributed by atoms with Gasteiger partial charge in [0.25, 0.3) is 0 Å². The molecule has 19 heavy (non-hydrogen) atoms. The van der Waals surface area contributed by atoms with Crippen LogP contribution < -0.4 is 0 Å². The summed E-state index contributed by atoms with van der Waals surface area (Å²) in [4.78, 5) is 0. The molecule has 0 bridgehead atoms. The van der Waals surface area contributed by atoms with Crippen LogP contribution in [-0.4, -0.2) is 20.1 Å². The minimum absolute atomic E-state index is 0.0623. The van der Waals surface area contributed by atoms with Gasteiger partial charge in [0.05, 0.1) is 28.9 Å². The van der Waals surface area contributed by atoms with Crippen molar-refractivity contribution in [2.75, 3.05) is 0 Å². The fourth-order valence-corrected chi connectivity index (χ4v) is 2.52. The van der Waals surface area contributed by atoms with Crippen molar-refractivity contribution in [3.63, 3.8) is 0 Å². The molecule has 1 aromatic carbocycles. The molecule has 1 heterocycles. The maximum Gasteiger partial charge on any atom is 0.112 e. The lowest BCUT2D eigenvalue weighted by molar-refractivity contribution is 0.275. The summed E-state index contributed by atoms with van der Waals surface area (Å²) in [6.07, 6.45) is 2.28. The smallest absolute Gasteiger partial charge is 0.112 e. The van der Waals surface area contributed by atoms with Gasteiger partial charge in [0.2, 0.25) is 0 Å². The first-order valence-electron chi connectivity index (χ1n) is 6.16. The Balaban J connectivity index is 1.90. The highest BCUT2D eigenvalue weighted by Crippen LogP contribution is 2.41. The normalized spacial score (nSPS) is 14.9. The quantitative estimate of drug-likeness (QED) is 0.944. The van der Waals surface area contributed by atoms with E-state index in [9.17, 15) is 5.11 Å². The molecule has 3 rings (SSSR count). The molecule has 2 aromatic rings. The molecule has 1 saturated carbocycles. The number of rotatable bonds is 4. The van der Waals surface area contributed by atoms with E-state index in [1.54, 1.807) is 6.07 Å². The molecule has 0 unspecified atom stereocenters. The zero-order valence-corrected chi connectivity index (χ0v) is 11.7. The lowest BCUT2D eigenvalue weighted by atomic mass is 10.2. The van der Waals surface area contributed by atoms with E-state index in [2.05, 4.69) is 10.3 Å². The van der Waals surface area contributed by atoms with Gasteiger partial charge in [-0.15, -0.1) is 5.10 Å². The molecule has 0 spiro atoms. The zero-order valence-electron chi connectivity index (χ0n) is 10.2. The van der Waals surface area contributed by atoms with Crippen molar-refractivity contribution in [3.8, 4) is 0 Å². The minimum atomic E-state index is -0.0623. The highest BCUT2D eigenvalue weighted by molar-refractivity contribution is 6.42. The molecule has 4 nitrogen and oxygen atoms in total. The van der Waals surface area contributed by atoms with Crippen molar-refractivity contribution in [1.82, 2.24) is 15.0 Å². The fraction of sp³-hybridized carbons (Fsp3) is 0.385. The highest BCUT2D eigenvalue weighted by Gasteiger charge is 2.31. The number of aromatic nitrogens is 3. The lowest BCUT2D eigenvalue weighted by Crippen LogP contribution is -2.06. The van der Waals surface area contributed by atoms with E-state index in [4.69, 9.17) is 23.2 Å². The number of hydrogen-bond donors (Lipinski definition) is 1. The number of halogens is 2. The summed E-state index contributed by atoms with van der Waals surface area (Å²) in [6.45, 7) is 0.531. The summed E-state index contributed by atoms with van der Waals surface area (Å²) in [5.41, 5.74) is 2.75. The summed E-state index contributed by atoms with van der Waals surface area (Å²) >= 11 is 11.9. The standard InChI is InChI=1S/C13H13Cl2N3O/c14-10-4-1-8(5-11(10)15)6-18-13(9-2-3-9)12(7-19)16-17-18/h1,4-5,9,19H,2-3,6-7H2. The number of nitrogens with zero attached hydrogens (tertiary/aromatic N) is 3. The van der Waals surface area contributed by atoms with Crippen LogP contribution in [0.15, 0.2) is 18.2 Å². The molecule has 0 aliphatic heterocycles. The molecule has 1 aromatic heterocycles. The van der Waals surface area contributed by atoms with Crippen molar-refractivity contribution in [2.24, 2.45) is 0 Å². The van der Waals surface area contributed by atoms with Crippen LogP contribution in [0.3, 0.4) is 0 Å². The predicted molar refractivity (Wildman–Crippen MR) is 73.5 cm³/mol. The summed E-state index contributed by atoms with van der Waals surface area (Å²) in [6, 6.07) is 5.53. The Morgan fingerprint density at radius 2 is 2.05 bits per heavy atom. The largest absolute Gasteiger partial charge is 0.390 e. The van der Waals surface area contributed by atoms with Gasteiger partial charge in [0.1, 0.15) is 5.69 Å². The maximum absolute atomic E-state index is 9.30. The van der Waals surface area contributed by atoms with Crippen molar-refractivity contribution in [3.05, 3.63) is 45.2 Å². The van der Waals surface area contributed by atoms with Crippen LogP contribution in [0.25, 0.3) is 0 Å². The molecular weight excluding hydrogens is 285 g/mol. The average Bonchev–Trinajstić information content (AvgIpc) is 3.16. The van der Waals surface area contributed by atoms with E-state index in [0.717, 1.165) is 24.1 Å². The topological polar surface area (TPSA) is 50.9 Å². The first-order valence-corrected chi connectivity index (χ1v) is 6.91. The van der Waals surface area contributed by atoms with Crippen LogP contribution in [0, 0.1) is 0 Å². The molecule has 0 amide bonds. The van der Waals surface area contributed by atoms with E-state index in [0.29, 0.717) is 28.2 Å². The van der Waals surface area contributed by atoms with Crippen LogP contribution in [0.5, 0.6) is 0 Å². The van der Waals surface area contributed by atoms with Crippen molar-refractivity contribution in [1.29, 1.82) is 0 Å². The number of benzene rings is 1. The van der Waals surface area contributed by atoms with E-state index in [-0.39, 0.29) is 6.61 Å². The molecule has 0 atom stereocenters. The first-order chi connectivity index (χ1) is 9.19. The summed E-state index contributed by atoms with van der Waals surface area (Å²) < 4.78 is 1.85. The Morgan fingerprint density at radius 3 is 2.68 bits per heavy atom. The van der Waals surface area contributed by atoms with E-state index < -0.39 is 0 Å². The van der Waals surface area contributed by atoms with Crippen LogP contribution in [0.1, 0.15) is 35.7 Å². The van der Waals surface area contributed by atoms with Gasteiger partial charge >= 0.3 is 0 Å². The van der Waals surface area contributed by atoms with Crippen molar-refractivity contribution >= 4 is 23.2 Å². The Hall–Kier alpha value is -1.10. The molecule has 1 aliphatic rings. The molecule has 0 radical (unpaired) electrons. The van der Waals surface area contributed by atoms with E-state index in [1.807, 2.05) is 16.8 Å². The van der Waals surface area contributed by atoms with Gasteiger partial charge in [0, 0.05) is 5.92 Å².